The van der Waals surface area contributed by atoms with E-state index in [0.29, 0.717) is 50.1 Å². The number of carboxylic acids is 2. The molecule has 0 spiro atoms. The molecule has 2 aliphatic heterocycles. The molecule has 0 aromatic heterocycles. The minimum atomic E-state index is -1.05. The van der Waals surface area contributed by atoms with E-state index in [1.807, 2.05) is 84.3 Å². The number of nitrogens with one attached hydrogen (secondary N) is 2. The summed E-state index contributed by atoms with van der Waals surface area (Å²) < 4.78 is 0. The maximum Gasteiger partial charge on any atom is 0.306 e. The van der Waals surface area contributed by atoms with Gasteiger partial charge in [0.15, 0.2) is 0 Å². The normalized spacial score (nSPS) is 14.4. The molecule has 12 heteroatoms. The van der Waals surface area contributed by atoms with Crippen molar-refractivity contribution in [3.05, 3.63) is 117 Å². The molecule has 2 aliphatic rings. The first kappa shape index (κ1) is 38.3. The molecule has 0 radical (unpaired) electrons. The van der Waals surface area contributed by atoms with Crippen LogP contribution >= 0.6 is 0 Å². The van der Waals surface area contributed by atoms with Crippen LogP contribution in [0.15, 0.2) is 72.8 Å². The quantitative estimate of drug-likeness (QED) is 0.104. The molecule has 12 nitrogen and oxygen atoms in total. The molecular weight excluding hydrogens is 688 g/mol. The van der Waals surface area contributed by atoms with E-state index in [4.69, 9.17) is 10.2 Å². The van der Waals surface area contributed by atoms with Crippen LogP contribution in [0, 0.1) is 13.8 Å². The number of rotatable bonds is 15. The summed E-state index contributed by atoms with van der Waals surface area (Å²) in [6.45, 7) is 6.05. The lowest BCUT2D eigenvalue weighted by atomic mass is 9.93. The van der Waals surface area contributed by atoms with Gasteiger partial charge in [-0.1, -0.05) is 48.5 Å². The van der Waals surface area contributed by atoms with E-state index in [9.17, 15) is 29.4 Å². The fraction of sp³-hybridized carbons (Fsp3) is 0.333. The second-order valence-electron chi connectivity index (χ2n) is 14.1. The Labute approximate surface area is 314 Å². The van der Waals surface area contributed by atoms with Crippen LogP contribution in [0.4, 0.5) is 11.4 Å². The molecule has 0 aliphatic carbocycles. The SMILES string of the molecule is Cc1cc(CNCC(O)CC(=O)O)ccc1C(=O)N1CCc2c(-c3cccc4c3CCN4C(=O)c3ccc(CNC[C@@H](O)CC(=O)O)cc3C)cccc21. The summed E-state index contributed by atoms with van der Waals surface area (Å²) in [5, 5.41) is 43.5. The lowest BCUT2D eigenvalue weighted by Gasteiger charge is -2.21. The first-order chi connectivity index (χ1) is 25.9. The van der Waals surface area contributed by atoms with Crippen LogP contribution in [-0.4, -0.2) is 82.6 Å². The number of fused-ring (bicyclic) bond motifs is 2. The third-order valence-corrected chi connectivity index (χ3v) is 10.1. The van der Waals surface area contributed by atoms with Crippen molar-refractivity contribution in [2.75, 3.05) is 36.0 Å². The van der Waals surface area contributed by atoms with Gasteiger partial charge in [-0.2, -0.15) is 0 Å². The second kappa shape index (κ2) is 16.7. The van der Waals surface area contributed by atoms with Crippen LogP contribution in [-0.2, 0) is 35.5 Å². The number of aliphatic hydroxyl groups is 2. The van der Waals surface area contributed by atoms with Gasteiger partial charge in [-0.25, -0.2) is 0 Å². The number of aryl methyl sites for hydroxylation is 2. The summed E-state index contributed by atoms with van der Waals surface area (Å²) >= 11 is 0. The predicted octanol–water partition coefficient (Wildman–Crippen LogP) is 4.23. The lowest BCUT2D eigenvalue weighted by Crippen LogP contribution is -2.30. The van der Waals surface area contributed by atoms with Crippen molar-refractivity contribution in [1.82, 2.24) is 10.6 Å². The summed E-state index contributed by atoms with van der Waals surface area (Å²) in [6, 6.07) is 23.4. The molecule has 0 fully saturated rings. The third-order valence-electron chi connectivity index (χ3n) is 10.1. The molecule has 0 saturated carbocycles. The first-order valence-electron chi connectivity index (χ1n) is 18.2. The maximum absolute atomic E-state index is 13.9. The van der Waals surface area contributed by atoms with Crippen LogP contribution in [0.5, 0.6) is 0 Å². The fourth-order valence-electron chi connectivity index (χ4n) is 7.55. The number of carbonyl (C=O) groups is 4. The summed E-state index contributed by atoms with van der Waals surface area (Å²) in [6.07, 6.45) is -1.22. The van der Waals surface area contributed by atoms with Crippen molar-refractivity contribution in [1.29, 1.82) is 0 Å². The number of amides is 2. The highest BCUT2D eigenvalue weighted by molar-refractivity contribution is 6.10. The van der Waals surface area contributed by atoms with Gasteiger partial charge in [-0.3, -0.25) is 19.2 Å². The zero-order chi connectivity index (χ0) is 38.5. The van der Waals surface area contributed by atoms with Gasteiger partial charge in [0.25, 0.3) is 11.8 Å². The Hall–Kier alpha value is -5.40. The van der Waals surface area contributed by atoms with Gasteiger partial charge in [-0.15, -0.1) is 0 Å². The molecule has 6 N–H and O–H groups in total. The largest absolute Gasteiger partial charge is 0.481 e. The van der Waals surface area contributed by atoms with Crippen molar-refractivity contribution >= 4 is 35.1 Å². The smallest absolute Gasteiger partial charge is 0.306 e. The number of hydrogen-bond acceptors (Lipinski definition) is 8. The number of carbonyl (C=O) groups excluding carboxylic acids is 2. The van der Waals surface area contributed by atoms with E-state index in [-0.39, 0.29) is 37.7 Å². The molecule has 2 atom stereocenters. The van der Waals surface area contributed by atoms with Crippen LogP contribution in [0.1, 0.15) is 66.9 Å². The number of aliphatic carboxylic acids is 2. The molecular formula is C42H46N4O8. The van der Waals surface area contributed by atoms with E-state index >= 15 is 0 Å². The van der Waals surface area contributed by atoms with E-state index in [1.54, 1.807) is 0 Å². The fourth-order valence-corrected chi connectivity index (χ4v) is 7.55. The molecule has 6 rings (SSSR count). The highest BCUT2D eigenvalue weighted by Gasteiger charge is 2.32. The number of benzene rings is 4. The molecule has 0 saturated heterocycles. The number of hydrogen-bond donors (Lipinski definition) is 6. The highest BCUT2D eigenvalue weighted by atomic mass is 16.4. The maximum atomic E-state index is 13.9. The van der Waals surface area contributed by atoms with E-state index in [0.717, 1.165) is 55.9 Å². The van der Waals surface area contributed by atoms with Crippen molar-refractivity contribution in [2.45, 2.75) is 64.8 Å². The van der Waals surface area contributed by atoms with Gasteiger partial charge in [-0.05, 0) is 95.5 Å². The van der Waals surface area contributed by atoms with Gasteiger partial charge in [0, 0.05) is 61.8 Å². The zero-order valence-electron chi connectivity index (χ0n) is 30.5. The summed E-state index contributed by atoms with van der Waals surface area (Å²) in [4.78, 5) is 53.2. The second-order valence-corrected chi connectivity index (χ2v) is 14.1. The molecule has 1 unspecified atom stereocenters. The minimum Gasteiger partial charge on any atom is -0.481 e. The predicted molar refractivity (Wildman–Crippen MR) is 205 cm³/mol. The van der Waals surface area contributed by atoms with Crippen molar-refractivity contribution < 1.29 is 39.6 Å². The number of nitrogens with zero attached hydrogens (tertiary/aromatic N) is 2. The molecule has 282 valence electrons. The number of carboxylic acid groups (broad SMARTS) is 2. The Morgan fingerprint density at radius 2 is 1.04 bits per heavy atom. The van der Waals surface area contributed by atoms with E-state index in [2.05, 4.69) is 22.8 Å². The molecule has 4 aromatic carbocycles. The van der Waals surface area contributed by atoms with Crippen molar-refractivity contribution in [2.24, 2.45) is 0 Å². The Kier molecular flexibility index (Phi) is 11.9. The summed E-state index contributed by atoms with van der Waals surface area (Å²) in [5.41, 5.74) is 10.8. The van der Waals surface area contributed by atoms with Crippen molar-refractivity contribution in [3.63, 3.8) is 0 Å². The molecule has 4 aromatic rings. The number of aliphatic hydroxyl groups excluding tert-OH is 2. The standard InChI is InChI=1S/C42H46N4O8/c1-25-17-27(21-43-23-29(47)19-39(49)50)9-11-31(25)41(53)45-15-13-35-33(5-3-7-37(35)45)34-6-4-8-38-36(34)14-16-46(38)42(54)32-12-10-28(18-26(32)2)22-44-24-30(48)20-40(51)52/h3-12,17-18,29-30,43-44,47-48H,13-16,19-24H2,1-2H3,(H,49,50)(H,51,52)/t29-,30?/m0/s1. The number of anilines is 2. The monoisotopic (exact) mass is 734 g/mol. The Balaban J connectivity index is 1.15. The topological polar surface area (TPSA) is 180 Å². The molecule has 2 amide bonds. The zero-order valence-corrected chi connectivity index (χ0v) is 30.5. The molecule has 2 heterocycles. The van der Waals surface area contributed by atoms with E-state index in [1.165, 1.54) is 0 Å². The lowest BCUT2D eigenvalue weighted by molar-refractivity contribution is -0.140. The van der Waals surface area contributed by atoms with Crippen LogP contribution in [0.3, 0.4) is 0 Å². The van der Waals surface area contributed by atoms with Gasteiger partial charge in [0.05, 0.1) is 25.0 Å². The average Bonchev–Trinajstić information content (AvgIpc) is 3.76. The van der Waals surface area contributed by atoms with Crippen LogP contribution in [0.2, 0.25) is 0 Å². The van der Waals surface area contributed by atoms with Crippen LogP contribution < -0.4 is 20.4 Å². The third kappa shape index (κ3) is 8.53. The molecule has 54 heavy (non-hydrogen) atoms. The Morgan fingerprint density at radius 1 is 0.630 bits per heavy atom. The van der Waals surface area contributed by atoms with Crippen LogP contribution in [0.25, 0.3) is 11.1 Å². The average molecular weight is 735 g/mol. The van der Waals surface area contributed by atoms with Gasteiger partial charge in [0.2, 0.25) is 0 Å². The van der Waals surface area contributed by atoms with Gasteiger partial charge >= 0.3 is 11.9 Å². The molecule has 0 bridgehead atoms. The Bertz CT molecular complexity index is 1930. The van der Waals surface area contributed by atoms with Gasteiger partial charge < -0.3 is 40.9 Å². The first-order valence-corrected chi connectivity index (χ1v) is 18.2. The summed E-state index contributed by atoms with van der Waals surface area (Å²) in [7, 11) is 0. The summed E-state index contributed by atoms with van der Waals surface area (Å²) in [5.74, 6) is -2.27. The highest BCUT2D eigenvalue weighted by Crippen LogP contribution is 2.42. The Morgan fingerprint density at radius 3 is 1.41 bits per heavy atom. The van der Waals surface area contributed by atoms with E-state index < -0.39 is 24.1 Å². The van der Waals surface area contributed by atoms with Crippen molar-refractivity contribution in [3.8, 4) is 11.1 Å². The van der Waals surface area contributed by atoms with Gasteiger partial charge in [0.1, 0.15) is 0 Å². The minimum absolute atomic E-state index is 0.0807.